The van der Waals surface area contributed by atoms with Gasteiger partial charge in [0.2, 0.25) is 0 Å². The van der Waals surface area contributed by atoms with Gasteiger partial charge in [-0.05, 0) is 43.5 Å². The first kappa shape index (κ1) is 14.5. The largest absolute Gasteiger partial charge is 0.337 e. The van der Waals surface area contributed by atoms with E-state index in [1.165, 1.54) is 40.5 Å². The monoisotopic (exact) mass is 302 g/mol. The molecule has 0 amide bonds. The average molecular weight is 302 g/mol. The molecule has 0 aliphatic carbocycles. The van der Waals surface area contributed by atoms with Gasteiger partial charge in [-0.15, -0.1) is 11.3 Å². The first-order valence-electron chi connectivity index (χ1n) is 7.64. The second kappa shape index (κ2) is 5.78. The normalized spacial score (nSPS) is 16.5. The van der Waals surface area contributed by atoms with Gasteiger partial charge >= 0.3 is 0 Å². The van der Waals surface area contributed by atoms with Crippen molar-refractivity contribution in [1.29, 1.82) is 0 Å². The summed E-state index contributed by atoms with van der Waals surface area (Å²) in [6.45, 7) is 11.2. The van der Waals surface area contributed by atoms with Crippen LogP contribution in [0.25, 0.3) is 11.3 Å². The van der Waals surface area contributed by atoms with Crippen LogP contribution in [0.3, 0.4) is 0 Å². The summed E-state index contributed by atoms with van der Waals surface area (Å²) >= 11 is 1.78. The standard InChI is InChI=1S/C17H23N3S/c1-12-9-14(3)15(10-13(12)2)16-11-21-17(18-16)20-7-5-19(4)6-8-20/h9-11H,5-8H2,1-4H3/p+1. The lowest BCUT2D eigenvalue weighted by Crippen LogP contribution is -3.12. The van der Waals surface area contributed by atoms with Gasteiger partial charge in [0.15, 0.2) is 5.13 Å². The Morgan fingerprint density at radius 1 is 1.05 bits per heavy atom. The minimum atomic E-state index is 1.12. The Balaban J connectivity index is 1.87. The highest BCUT2D eigenvalue weighted by atomic mass is 32.1. The number of likely N-dealkylation sites (N-methyl/N-ethyl adjacent to an activating group) is 1. The topological polar surface area (TPSA) is 20.6 Å². The fraction of sp³-hybridized carbons (Fsp3) is 0.471. The number of hydrogen-bond acceptors (Lipinski definition) is 3. The molecule has 1 fully saturated rings. The Bertz CT molecular complexity index is 639. The highest BCUT2D eigenvalue weighted by molar-refractivity contribution is 7.14. The average Bonchev–Trinajstić information content (AvgIpc) is 2.93. The van der Waals surface area contributed by atoms with Gasteiger partial charge in [0, 0.05) is 10.9 Å². The molecule has 2 aromatic rings. The van der Waals surface area contributed by atoms with Gasteiger partial charge in [0.05, 0.1) is 38.9 Å². The Kier molecular flexibility index (Phi) is 4.00. The second-order valence-corrected chi connectivity index (χ2v) is 7.05. The molecule has 0 atom stereocenters. The van der Waals surface area contributed by atoms with E-state index in [9.17, 15) is 0 Å². The van der Waals surface area contributed by atoms with Gasteiger partial charge < -0.3 is 9.80 Å². The Morgan fingerprint density at radius 3 is 2.43 bits per heavy atom. The summed E-state index contributed by atoms with van der Waals surface area (Å²) in [6.07, 6.45) is 0. The number of nitrogens with one attached hydrogen (secondary N) is 1. The summed E-state index contributed by atoms with van der Waals surface area (Å²) < 4.78 is 0. The molecule has 0 saturated carbocycles. The molecule has 21 heavy (non-hydrogen) atoms. The smallest absolute Gasteiger partial charge is 0.186 e. The van der Waals surface area contributed by atoms with Gasteiger partial charge in [0.25, 0.3) is 0 Å². The highest BCUT2D eigenvalue weighted by Gasteiger charge is 2.20. The predicted molar refractivity (Wildman–Crippen MR) is 90.6 cm³/mol. The molecule has 0 radical (unpaired) electrons. The number of hydrogen-bond donors (Lipinski definition) is 1. The van der Waals surface area contributed by atoms with Crippen LogP contribution < -0.4 is 9.80 Å². The van der Waals surface area contributed by atoms with E-state index in [1.54, 1.807) is 16.2 Å². The lowest BCUT2D eigenvalue weighted by atomic mass is 9.99. The fourth-order valence-electron chi connectivity index (χ4n) is 2.85. The number of thiazole rings is 1. The molecular formula is C17H24N3S+. The van der Waals surface area contributed by atoms with Crippen LogP contribution in [-0.4, -0.2) is 38.2 Å². The fourth-order valence-corrected chi connectivity index (χ4v) is 3.73. The van der Waals surface area contributed by atoms with Crippen molar-refractivity contribution in [2.75, 3.05) is 38.1 Å². The number of aromatic nitrogens is 1. The zero-order valence-electron chi connectivity index (χ0n) is 13.4. The number of nitrogens with zero attached hydrogens (tertiary/aromatic N) is 2. The maximum Gasteiger partial charge on any atom is 0.186 e. The maximum absolute atomic E-state index is 4.90. The molecule has 0 unspecified atom stereocenters. The summed E-state index contributed by atoms with van der Waals surface area (Å²) in [5.41, 5.74) is 6.42. The Hall–Kier alpha value is -1.39. The number of benzene rings is 1. The third kappa shape index (κ3) is 2.97. The van der Waals surface area contributed by atoms with Gasteiger partial charge in [0.1, 0.15) is 0 Å². The Morgan fingerprint density at radius 2 is 1.71 bits per heavy atom. The van der Waals surface area contributed by atoms with Crippen LogP contribution in [0.2, 0.25) is 0 Å². The van der Waals surface area contributed by atoms with E-state index in [1.807, 2.05) is 0 Å². The molecule has 0 bridgehead atoms. The number of aryl methyl sites for hydroxylation is 3. The summed E-state index contributed by atoms with van der Waals surface area (Å²) in [4.78, 5) is 8.94. The first-order chi connectivity index (χ1) is 10.0. The van der Waals surface area contributed by atoms with E-state index in [-0.39, 0.29) is 0 Å². The van der Waals surface area contributed by atoms with Crippen molar-refractivity contribution in [3.05, 3.63) is 34.2 Å². The third-order valence-electron chi connectivity index (χ3n) is 4.50. The van der Waals surface area contributed by atoms with E-state index < -0.39 is 0 Å². The van der Waals surface area contributed by atoms with Gasteiger partial charge in [-0.3, -0.25) is 0 Å². The molecule has 2 heterocycles. The van der Waals surface area contributed by atoms with Crippen LogP contribution in [0.1, 0.15) is 16.7 Å². The minimum Gasteiger partial charge on any atom is -0.337 e. The van der Waals surface area contributed by atoms with Crippen molar-refractivity contribution < 1.29 is 4.90 Å². The van der Waals surface area contributed by atoms with Crippen LogP contribution in [0, 0.1) is 20.8 Å². The second-order valence-electron chi connectivity index (χ2n) is 6.21. The first-order valence-corrected chi connectivity index (χ1v) is 8.52. The molecule has 1 aliphatic heterocycles. The molecule has 112 valence electrons. The molecule has 1 saturated heterocycles. The zero-order chi connectivity index (χ0) is 15.0. The van der Waals surface area contributed by atoms with E-state index >= 15 is 0 Å². The molecular weight excluding hydrogens is 278 g/mol. The molecule has 1 N–H and O–H groups in total. The van der Waals surface area contributed by atoms with Crippen molar-refractivity contribution in [2.24, 2.45) is 0 Å². The quantitative estimate of drug-likeness (QED) is 0.917. The van der Waals surface area contributed by atoms with Crippen molar-refractivity contribution in [2.45, 2.75) is 20.8 Å². The summed E-state index contributed by atoms with van der Waals surface area (Å²) in [6, 6.07) is 4.54. The van der Waals surface area contributed by atoms with Gasteiger partial charge in [-0.25, -0.2) is 4.98 Å². The lowest BCUT2D eigenvalue weighted by molar-refractivity contribution is -0.880. The molecule has 1 aliphatic rings. The lowest BCUT2D eigenvalue weighted by Gasteiger charge is -2.29. The zero-order valence-corrected chi connectivity index (χ0v) is 14.2. The van der Waals surface area contributed by atoms with Crippen LogP contribution in [0.5, 0.6) is 0 Å². The van der Waals surface area contributed by atoms with Crippen LogP contribution in [0.4, 0.5) is 5.13 Å². The predicted octanol–water partition coefficient (Wildman–Crippen LogP) is 2.07. The van der Waals surface area contributed by atoms with E-state index in [0.717, 1.165) is 18.8 Å². The highest BCUT2D eigenvalue weighted by Crippen LogP contribution is 2.30. The van der Waals surface area contributed by atoms with Gasteiger partial charge in [-0.1, -0.05) is 6.07 Å². The minimum absolute atomic E-state index is 1.12. The third-order valence-corrected chi connectivity index (χ3v) is 5.40. The van der Waals surface area contributed by atoms with Crippen molar-refractivity contribution in [3.63, 3.8) is 0 Å². The number of quaternary nitrogens is 1. The molecule has 0 spiro atoms. The van der Waals surface area contributed by atoms with Crippen molar-refractivity contribution in [1.82, 2.24) is 4.98 Å². The molecule has 3 nitrogen and oxygen atoms in total. The van der Waals surface area contributed by atoms with E-state index in [4.69, 9.17) is 4.98 Å². The summed E-state index contributed by atoms with van der Waals surface area (Å²) in [7, 11) is 2.27. The summed E-state index contributed by atoms with van der Waals surface area (Å²) in [5.74, 6) is 0. The van der Waals surface area contributed by atoms with E-state index in [0.29, 0.717) is 0 Å². The molecule has 1 aromatic carbocycles. The molecule has 1 aromatic heterocycles. The molecule has 3 rings (SSSR count). The van der Waals surface area contributed by atoms with Crippen LogP contribution >= 0.6 is 11.3 Å². The number of anilines is 1. The molecule has 4 heteroatoms. The number of piperazine rings is 1. The van der Waals surface area contributed by atoms with Crippen molar-refractivity contribution >= 4 is 16.5 Å². The summed E-state index contributed by atoms with van der Waals surface area (Å²) in [5, 5.41) is 3.38. The number of rotatable bonds is 2. The van der Waals surface area contributed by atoms with E-state index in [2.05, 4.69) is 50.2 Å². The van der Waals surface area contributed by atoms with Crippen LogP contribution in [0.15, 0.2) is 17.5 Å². The van der Waals surface area contributed by atoms with Gasteiger partial charge in [-0.2, -0.15) is 0 Å². The SMILES string of the molecule is Cc1cc(C)c(-c2csc(N3CC[NH+](C)CC3)n2)cc1C. The van der Waals surface area contributed by atoms with Crippen molar-refractivity contribution in [3.8, 4) is 11.3 Å². The Labute approximate surface area is 131 Å². The maximum atomic E-state index is 4.90. The van der Waals surface area contributed by atoms with Crippen LogP contribution in [-0.2, 0) is 0 Å².